The minimum atomic E-state index is -0.880. The second-order valence-electron chi connectivity index (χ2n) is 6.61. The lowest BCUT2D eigenvalue weighted by atomic mass is 10.1. The van der Waals surface area contributed by atoms with Gasteiger partial charge in [0.05, 0.1) is 0 Å². The van der Waals surface area contributed by atoms with Crippen molar-refractivity contribution in [1.29, 1.82) is 0 Å². The van der Waals surface area contributed by atoms with Crippen molar-refractivity contribution in [3.63, 3.8) is 0 Å². The molecule has 0 bridgehead atoms. The summed E-state index contributed by atoms with van der Waals surface area (Å²) in [6, 6.07) is 7.32. The Kier molecular flexibility index (Phi) is 6.73. The Bertz CT molecular complexity index is 820. The number of carbonyl (C=O) groups is 2. The number of pyridine rings is 1. The quantitative estimate of drug-likeness (QED) is 0.620. The number of halogens is 2. The number of aromatic nitrogens is 1. The second kappa shape index (κ2) is 9.04. The Hall–Kier alpha value is -1.63. The molecule has 3 heterocycles. The molecule has 1 N–H and O–H groups in total. The van der Waals surface area contributed by atoms with Crippen molar-refractivity contribution < 1.29 is 14.7 Å². The van der Waals surface area contributed by atoms with Gasteiger partial charge in [-0.05, 0) is 61.9 Å². The summed E-state index contributed by atoms with van der Waals surface area (Å²) in [5.74, 6) is -0.689. The summed E-state index contributed by atoms with van der Waals surface area (Å²) in [4.78, 5) is 30.5. The Morgan fingerprint density at radius 2 is 2.00 bits per heavy atom. The first-order valence-corrected chi connectivity index (χ1v) is 10.4. The van der Waals surface area contributed by atoms with E-state index in [0.29, 0.717) is 34.6 Å². The van der Waals surface area contributed by atoms with Gasteiger partial charge in [-0.1, -0.05) is 23.2 Å². The number of hydrogen-bond acceptors (Lipinski definition) is 4. The SMILES string of the molecule is O=C(O)c1ccc(CCCC2CCC(=O)N2CCc2cc(Cl)nc(Cl)c2)s1. The maximum absolute atomic E-state index is 12.2. The van der Waals surface area contributed by atoms with Crippen LogP contribution in [-0.2, 0) is 17.6 Å². The smallest absolute Gasteiger partial charge is 0.345 e. The van der Waals surface area contributed by atoms with Gasteiger partial charge in [0.1, 0.15) is 15.2 Å². The normalized spacial score (nSPS) is 16.9. The number of likely N-dealkylation sites (tertiary alicyclic amines) is 1. The Morgan fingerprint density at radius 3 is 2.67 bits per heavy atom. The molecule has 8 heteroatoms. The van der Waals surface area contributed by atoms with Crippen molar-refractivity contribution in [3.8, 4) is 0 Å². The summed E-state index contributed by atoms with van der Waals surface area (Å²) < 4.78 is 0. The predicted molar refractivity (Wildman–Crippen MR) is 107 cm³/mol. The van der Waals surface area contributed by atoms with E-state index in [4.69, 9.17) is 28.3 Å². The molecule has 1 amide bonds. The molecule has 2 aromatic rings. The van der Waals surface area contributed by atoms with Crippen molar-refractivity contribution in [1.82, 2.24) is 9.88 Å². The van der Waals surface area contributed by atoms with Gasteiger partial charge in [0.25, 0.3) is 0 Å². The van der Waals surface area contributed by atoms with Gasteiger partial charge in [-0.15, -0.1) is 11.3 Å². The van der Waals surface area contributed by atoms with Gasteiger partial charge in [-0.25, -0.2) is 9.78 Å². The molecular formula is C19H20Cl2N2O3S. The van der Waals surface area contributed by atoms with Crippen molar-refractivity contribution in [2.75, 3.05) is 6.54 Å². The lowest BCUT2D eigenvalue weighted by Gasteiger charge is -2.25. The predicted octanol–water partition coefficient (Wildman–Crippen LogP) is 4.70. The first-order chi connectivity index (χ1) is 12.9. The molecule has 0 aliphatic carbocycles. The molecule has 1 fully saturated rings. The van der Waals surface area contributed by atoms with Crippen LogP contribution in [0.2, 0.25) is 10.3 Å². The molecule has 27 heavy (non-hydrogen) atoms. The summed E-state index contributed by atoms with van der Waals surface area (Å²) in [7, 11) is 0. The van der Waals surface area contributed by atoms with Gasteiger partial charge in [0.15, 0.2) is 0 Å². The highest BCUT2D eigenvalue weighted by Gasteiger charge is 2.30. The third-order valence-corrected chi connectivity index (χ3v) is 6.27. The Labute approximate surface area is 171 Å². The van der Waals surface area contributed by atoms with Crippen LogP contribution in [0, 0.1) is 0 Å². The third-order valence-electron chi connectivity index (χ3n) is 4.75. The lowest BCUT2D eigenvalue weighted by molar-refractivity contribution is -0.129. The van der Waals surface area contributed by atoms with Crippen LogP contribution in [0.4, 0.5) is 0 Å². The topological polar surface area (TPSA) is 70.5 Å². The van der Waals surface area contributed by atoms with Crippen LogP contribution < -0.4 is 0 Å². The van der Waals surface area contributed by atoms with Crippen molar-refractivity contribution in [2.24, 2.45) is 0 Å². The largest absolute Gasteiger partial charge is 0.477 e. The standard InChI is InChI=1S/C19H20Cl2N2O3S/c20-16-10-12(11-17(21)22-16)8-9-23-13(4-7-18(23)24)2-1-3-14-5-6-15(27-14)19(25)26/h5-6,10-11,13H,1-4,7-9H2,(H,25,26). The van der Waals surface area contributed by atoms with Crippen LogP contribution in [0.15, 0.2) is 24.3 Å². The van der Waals surface area contributed by atoms with Crippen LogP contribution in [0.1, 0.15) is 45.8 Å². The van der Waals surface area contributed by atoms with E-state index in [-0.39, 0.29) is 11.9 Å². The van der Waals surface area contributed by atoms with Crippen molar-refractivity contribution >= 4 is 46.4 Å². The molecule has 0 spiro atoms. The van der Waals surface area contributed by atoms with Gasteiger partial charge in [-0.2, -0.15) is 0 Å². The minimum absolute atomic E-state index is 0.190. The highest BCUT2D eigenvalue weighted by molar-refractivity contribution is 7.13. The van der Waals surface area contributed by atoms with E-state index < -0.39 is 5.97 Å². The fourth-order valence-corrected chi connectivity index (χ4v) is 4.84. The zero-order chi connectivity index (χ0) is 19.4. The van der Waals surface area contributed by atoms with Gasteiger partial charge in [0.2, 0.25) is 5.91 Å². The fourth-order valence-electron chi connectivity index (χ4n) is 3.45. The number of aryl methyl sites for hydroxylation is 1. The average Bonchev–Trinajstić information content (AvgIpc) is 3.20. The molecule has 1 saturated heterocycles. The molecule has 144 valence electrons. The number of aromatic carboxylic acids is 1. The lowest BCUT2D eigenvalue weighted by Crippen LogP contribution is -2.34. The molecule has 1 aliphatic heterocycles. The van der Waals surface area contributed by atoms with E-state index in [1.54, 1.807) is 18.2 Å². The molecule has 1 atom stereocenters. The summed E-state index contributed by atoms with van der Waals surface area (Å²) in [5.41, 5.74) is 0.971. The summed E-state index contributed by atoms with van der Waals surface area (Å²) in [6.45, 7) is 0.641. The molecule has 0 aromatic carbocycles. The van der Waals surface area contributed by atoms with Crippen molar-refractivity contribution in [2.45, 2.75) is 44.6 Å². The molecule has 3 rings (SSSR count). The maximum Gasteiger partial charge on any atom is 0.345 e. The first-order valence-electron chi connectivity index (χ1n) is 8.86. The Morgan fingerprint density at radius 1 is 1.26 bits per heavy atom. The number of carboxylic acid groups (broad SMARTS) is 1. The summed E-state index contributed by atoms with van der Waals surface area (Å²) >= 11 is 13.2. The highest BCUT2D eigenvalue weighted by atomic mass is 35.5. The number of hydrogen-bond donors (Lipinski definition) is 1. The van der Waals surface area contributed by atoms with Gasteiger partial charge < -0.3 is 10.0 Å². The molecular weight excluding hydrogens is 407 g/mol. The summed E-state index contributed by atoms with van der Waals surface area (Å²) in [6.07, 6.45) is 4.85. The molecule has 1 aliphatic rings. The maximum atomic E-state index is 12.2. The Balaban J connectivity index is 1.51. The van der Waals surface area contributed by atoms with E-state index in [9.17, 15) is 9.59 Å². The number of nitrogens with zero attached hydrogens (tertiary/aromatic N) is 2. The van der Waals surface area contributed by atoms with Gasteiger partial charge >= 0.3 is 5.97 Å². The number of carbonyl (C=O) groups excluding carboxylic acids is 1. The zero-order valence-corrected chi connectivity index (χ0v) is 17.0. The molecule has 0 saturated carbocycles. The van der Waals surface area contributed by atoms with Gasteiger partial charge in [0, 0.05) is 23.9 Å². The van der Waals surface area contributed by atoms with Gasteiger partial charge in [-0.3, -0.25) is 4.79 Å². The average molecular weight is 427 g/mol. The minimum Gasteiger partial charge on any atom is -0.477 e. The number of amides is 1. The molecule has 5 nitrogen and oxygen atoms in total. The third kappa shape index (κ3) is 5.43. The highest BCUT2D eigenvalue weighted by Crippen LogP contribution is 2.26. The number of rotatable bonds is 8. The van der Waals surface area contributed by atoms with Crippen LogP contribution in [-0.4, -0.2) is 39.5 Å². The fraction of sp³-hybridized carbons (Fsp3) is 0.421. The van der Waals surface area contributed by atoms with Crippen LogP contribution in [0.5, 0.6) is 0 Å². The zero-order valence-electron chi connectivity index (χ0n) is 14.7. The van der Waals surface area contributed by atoms with E-state index in [0.717, 1.165) is 36.1 Å². The van der Waals surface area contributed by atoms with E-state index in [2.05, 4.69) is 4.98 Å². The van der Waals surface area contributed by atoms with Crippen molar-refractivity contribution in [3.05, 3.63) is 49.9 Å². The first kappa shape index (κ1) is 20.1. The molecule has 0 radical (unpaired) electrons. The number of carboxylic acids is 1. The van der Waals surface area contributed by atoms with Crippen LogP contribution >= 0.6 is 34.5 Å². The molecule has 1 unspecified atom stereocenters. The van der Waals surface area contributed by atoms with E-state index in [1.165, 1.54) is 11.3 Å². The number of thiophene rings is 1. The molecule has 2 aromatic heterocycles. The van der Waals surface area contributed by atoms with E-state index in [1.807, 2.05) is 11.0 Å². The second-order valence-corrected chi connectivity index (χ2v) is 8.56. The summed E-state index contributed by atoms with van der Waals surface area (Å²) in [5, 5.41) is 9.71. The monoisotopic (exact) mass is 426 g/mol. The van der Waals surface area contributed by atoms with E-state index >= 15 is 0 Å². The van der Waals surface area contributed by atoms with Crippen LogP contribution in [0.3, 0.4) is 0 Å². The van der Waals surface area contributed by atoms with Crippen LogP contribution in [0.25, 0.3) is 0 Å².